The van der Waals surface area contributed by atoms with E-state index in [0.717, 1.165) is 5.01 Å². The molecule has 8 heteroatoms. The van der Waals surface area contributed by atoms with Crippen molar-refractivity contribution in [2.24, 2.45) is 0 Å². The van der Waals surface area contributed by atoms with Crippen molar-refractivity contribution in [2.75, 3.05) is 32.2 Å². The van der Waals surface area contributed by atoms with Gasteiger partial charge in [0.25, 0.3) is 0 Å². The molecule has 0 aliphatic carbocycles. The number of amides is 1. The number of hydrogen-bond donors (Lipinski definition) is 0. The van der Waals surface area contributed by atoms with Gasteiger partial charge in [-0.3, -0.25) is 4.79 Å². The summed E-state index contributed by atoms with van der Waals surface area (Å²) in [7, 11) is 0. The summed E-state index contributed by atoms with van der Waals surface area (Å²) in [5.41, 5.74) is 0.469. The van der Waals surface area contributed by atoms with E-state index in [2.05, 4.69) is 0 Å². The molecule has 0 unspecified atom stereocenters. The molecule has 7 nitrogen and oxygen atoms in total. The first-order valence-electron chi connectivity index (χ1n) is 5.26. The van der Waals surface area contributed by atoms with Crippen LogP contribution in [0.2, 0.25) is 0 Å². The standard InChI is InChI=1S/C9H13N3O4S/c13-9(10-1-3-16-4-2-10)5-8-6-17-7-11(8)12(14)15/h6H,1-5,7H2. The summed E-state index contributed by atoms with van der Waals surface area (Å²) >= 11 is 1.33. The van der Waals surface area contributed by atoms with Crippen molar-refractivity contribution in [3.8, 4) is 0 Å². The zero-order chi connectivity index (χ0) is 12.3. The zero-order valence-corrected chi connectivity index (χ0v) is 10.0. The van der Waals surface area contributed by atoms with Gasteiger partial charge in [0.2, 0.25) is 5.91 Å². The molecule has 0 radical (unpaired) electrons. The van der Waals surface area contributed by atoms with E-state index in [0.29, 0.717) is 32.0 Å². The van der Waals surface area contributed by atoms with Crippen LogP contribution in [0.15, 0.2) is 11.1 Å². The highest BCUT2D eigenvalue weighted by Crippen LogP contribution is 2.25. The topological polar surface area (TPSA) is 75.9 Å². The second kappa shape index (κ2) is 5.37. The van der Waals surface area contributed by atoms with Gasteiger partial charge in [0.15, 0.2) is 5.03 Å². The van der Waals surface area contributed by atoms with Crippen molar-refractivity contribution in [2.45, 2.75) is 6.42 Å². The Balaban J connectivity index is 1.91. The first kappa shape index (κ1) is 12.2. The fourth-order valence-corrected chi connectivity index (χ4v) is 2.59. The molecule has 0 N–H and O–H groups in total. The molecule has 17 heavy (non-hydrogen) atoms. The van der Waals surface area contributed by atoms with Gasteiger partial charge in [0.05, 0.1) is 25.3 Å². The van der Waals surface area contributed by atoms with Crippen LogP contribution in [0.25, 0.3) is 0 Å². The Hall–Kier alpha value is -1.28. The Morgan fingerprint density at radius 1 is 1.53 bits per heavy atom. The fourth-order valence-electron chi connectivity index (χ4n) is 1.71. The monoisotopic (exact) mass is 259 g/mol. The second-order valence-electron chi connectivity index (χ2n) is 3.71. The van der Waals surface area contributed by atoms with E-state index in [9.17, 15) is 14.9 Å². The van der Waals surface area contributed by atoms with Crippen molar-refractivity contribution in [1.29, 1.82) is 0 Å². The Kier molecular flexibility index (Phi) is 3.85. The third-order valence-electron chi connectivity index (χ3n) is 2.64. The van der Waals surface area contributed by atoms with E-state index < -0.39 is 5.03 Å². The summed E-state index contributed by atoms with van der Waals surface area (Å²) in [5, 5.41) is 12.9. The lowest BCUT2D eigenvalue weighted by Crippen LogP contribution is -2.41. The molecule has 2 heterocycles. The van der Waals surface area contributed by atoms with Gasteiger partial charge in [-0.1, -0.05) is 5.01 Å². The van der Waals surface area contributed by atoms with Crippen molar-refractivity contribution in [1.82, 2.24) is 9.91 Å². The molecule has 0 aromatic carbocycles. The van der Waals surface area contributed by atoms with Crippen molar-refractivity contribution < 1.29 is 14.6 Å². The number of carbonyl (C=O) groups excluding carboxylic acids is 1. The molecule has 0 atom stereocenters. The van der Waals surface area contributed by atoms with Crippen LogP contribution in [0.5, 0.6) is 0 Å². The Morgan fingerprint density at radius 2 is 2.24 bits per heavy atom. The maximum Gasteiger partial charge on any atom is 0.228 e. The van der Waals surface area contributed by atoms with E-state index in [4.69, 9.17) is 4.74 Å². The highest BCUT2D eigenvalue weighted by Gasteiger charge is 2.28. The maximum absolute atomic E-state index is 11.9. The van der Waals surface area contributed by atoms with Crippen LogP contribution < -0.4 is 0 Å². The van der Waals surface area contributed by atoms with E-state index in [1.165, 1.54) is 11.8 Å². The molecular weight excluding hydrogens is 246 g/mol. The van der Waals surface area contributed by atoms with Gasteiger partial charge in [-0.15, -0.1) is 11.8 Å². The van der Waals surface area contributed by atoms with Gasteiger partial charge in [-0.25, -0.2) is 10.1 Å². The van der Waals surface area contributed by atoms with Gasteiger partial charge < -0.3 is 9.64 Å². The molecule has 1 amide bonds. The number of morpholine rings is 1. The van der Waals surface area contributed by atoms with Crippen LogP contribution in [0.3, 0.4) is 0 Å². The zero-order valence-electron chi connectivity index (χ0n) is 9.20. The lowest BCUT2D eigenvalue weighted by molar-refractivity contribution is -0.639. The highest BCUT2D eigenvalue weighted by atomic mass is 32.2. The molecule has 0 bridgehead atoms. The average molecular weight is 259 g/mol. The summed E-state index contributed by atoms with van der Waals surface area (Å²) in [6.45, 7) is 2.21. The third kappa shape index (κ3) is 2.89. The fraction of sp³-hybridized carbons (Fsp3) is 0.667. The molecule has 2 rings (SSSR count). The minimum atomic E-state index is -0.474. The highest BCUT2D eigenvalue weighted by molar-refractivity contribution is 8.02. The largest absolute Gasteiger partial charge is 0.378 e. The first-order chi connectivity index (χ1) is 8.18. The smallest absolute Gasteiger partial charge is 0.228 e. The van der Waals surface area contributed by atoms with Crippen molar-refractivity contribution in [3.63, 3.8) is 0 Å². The summed E-state index contributed by atoms with van der Waals surface area (Å²) in [5.74, 6) is 0.201. The first-order valence-corrected chi connectivity index (χ1v) is 6.31. The molecule has 2 aliphatic heterocycles. The van der Waals surface area contributed by atoms with Crippen LogP contribution in [-0.2, 0) is 9.53 Å². The molecule has 1 fully saturated rings. The molecule has 0 spiro atoms. The molecule has 2 aliphatic rings. The molecule has 94 valence electrons. The Morgan fingerprint density at radius 3 is 2.88 bits per heavy atom. The number of rotatable bonds is 3. The molecule has 0 aromatic rings. The number of hydrazine groups is 1. The average Bonchev–Trinajstić information content (AvgIpc) is 2.78. The number of ether oxygens (including phenoxy) is 1. The Bertz CT molecular complexity index is 354. The SMILES string of the molecule is O=C(CC1=CSCN1[N+](=O)[O-])N1CCOCC1. The summed E-state index contributed by atoms with van der Waals surface area (Å²) in [6, 6.07) is 0. The van der Waals surface area contributed by atoms with Crippen molar-refractivity contribution >= 4 is 17.7 Å². The number of carbonyl (C=O) groups is 1. The second-order valence-corrected chi connectivity index (χ2v) is 4.54. The van der Waals surface area contributed by atoms with Crippen LogP contribution in [0, 0.1) is 10.1 Å². The minimum absolute atomic E-state index is 0.0751. The molecule has 1 saturated heterocycles. The lowest BCUT2D eigenvalue weighted by Gasteiger charge is -2.27. The minimum Gasteiger partial charge on any atom is -0.378 e. The number of thioether (sulfide) groups is 1. The van der Waals surface area contributed by atoms with Crippen LogP contribution >= 0.6 is 11.8 Å². The van der Waals surface area contributed by atoms with E-state index in [1.54, 1.807) is 10.3 Å². The summed E-state index contributed by atoms with van der Waals surface area (Å²) < 4.78 is 5.15. The Labute approximate surface area is 102 Å². The predicted molar refractivity (Wildman–Crippen MR) is 61.4 cm³/mol. The molecular formula is C9H13N3O4S. The van der Waals surface area contributed by atoms with Crippen LogP contribution in [-0.4, -0.2) is 53.0 Å². The van der Waals surface area contributed by atoms with Gasteiger partial charge in [0.1, 0.15) is 5.88 Å². The van der Waals surface area contributed by atoms with E-state index in [1.807, 2.05) is 0 Å². The number of nitrogens with zero attached hydrogens (tertiary/aromatic N) is 3. The van der Waals surface area contributed by atoms with Crippen molar-refractivity contribution in [3.05, 3.63) is 21.2 Å². The van der Waals surface area contributed by atoms with Gasteiger partial charge in [0, 0.05) is 13.1 Å². The van der Waals surface area contributed by atoms with Gasteiger partial charge in [-0.2, -0.15) is 0 Å². The number of nitro groups is 1. The normalized spacial score (nSPS) is 20.4. The van der Waals surface area contributed by atoms with E-state index >= 15 is 0 Å². The molecule has 0 aromatic heterocycles. The predicted octanol–water partition coefficient (Wildman–Crippen LogP) is 0.275. The van der Waals surface area contributed by atoms with Gasteiger partial charge in [-0.05, 0) is 5.41 Å². The van der Waals surface area contributed by atoms with Crippen LogP contribution in [0.1, 0.15) is 6.42 Å². The summed E-state index contributed by atoms with van der Waals surface area (Å²) in [4.78, 5) is 24.3. The lowest BCUT2D eigenvalue weighted by atomic mass is 10.2. The maximum atomic E-state index is 11.9. The molecule has 0 saturated carbocycles. The van der Waals surface area contributed by atoms with E-state index in [-0.39, 0.29) is 18.2 Å². The third-order valence-corrected chi connectivity index (χ3v) is 3.47. The quantitative estimate of drug-likeness (QED) is 0.535. The summed E-state index contributed by atoms with van der Waals surface area (Å²) in [6.07, 6.45) is 0.0912. The number of hydrogen-bond acceptors (Lipinski definition) is 5. The van der Waals surface area contributed by atoms with Crippen LogP contribution in [0.4, 0.5) is 0 Å². The van der Waals surface area contributed by atoms with Gasteiger partial charge >= 0.3 is 0 Å².